The highest BCUT2D eigenvalue weighted by Crippen LogP contribution is 2.28. The molecular weight excluding hydrogens is 376 g/mol. The van der Waals surface area contributed by atoms with E-state index in [-0.39, 0.29) is 11.9 Å². The Labute approximate surface area is 178 Å². The summed E-state index contributed by atoms with van der Waals surface area (Å²) in [7, 11) is 1.92. The Kier molecular flexibility index (Phi) is 6.38. The summed E-state index contributed by atoms with van der Waals surface area (Å²) in [5, 5.41) is 1.01. The van der Waals surface area contributed by atoms with Crippen LogP contribution in [-0.2, 0) is 11.2 Å². The molecule has 0 unspecified atom stereocenters. The van der Waals surface area contributed by atoms with Gasteiger partial charge in [-0.25, -0.2) is 0 Å². The zero-order valence-corrected chi connectivity index (χ0v) is 17.8. The fourth-order valence-corrected chi connectivity index (χ4v) is 4.31. The number of rotatable bonds is 8. The molecule has 5 heteroatoms. The van der Waals surface area contributed by atoms with Gasteiger partial charge in [0, 0.05) is 19.0 Å². The van der Waals surface area contributed by atoms with Crippen LogP contribution in [0.5, 0.6) is 5.75 Å². The number of amides is 1. The summed E-state index contributed by atoms with van der Waals surface area (Å²) < 4.78 is 11.2. The lowest BCUT2D eigenvalue weighted by Crippen LogP contribution is -2.39. The van der Waals surface area contributed by atoms with Crippen molar-refractivity contribution in [2.75, 3.05) is 33.3 Å². The number of nitrogens with zero attached hydrogens (tertiary/aromatic N) is 2. The van der Waals surface area contributed by atoms with Crippen LogP contribution in [0.3, 0.4) is 0 Å². The normalized spacial score (nSPS) is 15.4. The molecule has 0 saturated carbocycles. The van der Waals surface area contributed by atoms with Gasteiger partial charge in [0.15, 0.2) is 0 Å². The third-order valence-corrected chi connectivity index (χ3v) is 5.97. The largest absolute Gasteiger partial charge is 0.494 e. The van der Waals surface area contributed by atoms with Crippen molar-refractivity contribution in [3.05, 3.63) is 65.9 Å². The molecule has 158 valence electrons. The van der Waals surface area contributed by atoms with Crippen LogP contribution in [0.25, 0.3) is 11.0 Å². The van der Waals surface area contributed by atoms with Crippen LogP contribution < -0.4 is 4.74 Å². The zero-order chi connectivity index (χ0) is 20.9. The number of hydrogen-bond donors (Lipinski definition) is 0. The first-order valence-electron chi connectivity index (χ1n) is 10.8. The lowest BCUT2D eigenvalue weighted by Gasteiger charge is -2.32. The van der Waals surface area contributed by atoms with Crippen molar-refractivity contribution in [1.29, 1.82) is 0 Å². The van der Waals surface area contributed by atoms with E-state index in [1.807, 2.05) is 55.3 Å². The van der Waals surface area contributed by atoms with Crippen molar-refractivity contribution in [3.8, 4) is 5.75 Å². The minimum atomic E-state index is -0.0143. The molecule has 2 heterocycles. The van der Waals surface area contributed by atoms with E-state index in [4.69, 9.17) is 9.15 Å². The maximum Gasteiger partial charge on any atom is 0.227 e. The van der Waals surface area contributed by atoms with Gasteiger partial charge in [-0.15, -0.1) is 0 Å². The molecule has 1 aliphatic rings. The molecule has 0 N–H and O–H groups in total. The highest BCUT2D eigenvalue weighted by Gasteiger charge is 2.26. The van der Waals surface area contributed by atoms with Gasteiger partial charge in [-0.3, -0.25) is 4.79 Å². The summed E-state index contributed by atoms with van der Waals surface area (Å²) >= 11 is 0. The second-order valence-corrected chi connectivity index (χ2v) is 7.96. The standard InChI is InChI=1S/C25H30N2O3/c1-3-29-21-10-6-9-20(16-21)23(18-27-13-4-5-14-27)26(2)25(28)17-19-8-7-11-24-22(19)12-15-30-24/h6-12,15-16,23H,3-5,13-14,17-18H2,1-2H3/t23-/m1/s1. The fraction of sp³-hybridized carbons (Fsp3) is 0.400. The Morgan fingerprint density at radius 3 is 2.77 bits per heavy atom. The van der Waals surface area contributed by atoms with Crippen molar-refractivity contribution < 1.29 is 13.9 Å². The van der Waals surface area contributed by atoms with Crippen LogP contribution in [0.2, 0.25) is 0 Å². The number of fused-ring (bicyclic) bond motifs is 1. The molecule has 0 bridgehead atoms. The highest BCUT2D eigenvalue weighted by atomic mass is 16.5. The van der Waals surface area contributed by atoms with Gasteiger partial charge < -0.3 is 19.0 Å². The summed E-state index contributed by atoms with van der Waals surface area (Å²) in [5.74, 6) is 0.958. The Balaban J connectivity index is 1.57. The Bertz CT molecular complexity index is 991. The smallest absolute Gasteiger partial charge is 0.227 e. The molecule has 1 atom stereocenters. The Morgan fingerprint density at radius 1 is 1.17 bits per heavy atom. The van der Waals surface area contributed by atoms with E-state index in [0.29, 0.717) is 13.0 Å². The van der Waals surface area contributed by atoms with Gasteiger partial charge in [-0.05, 0) is 68.2 Å². The van der Waals surface area contributed by atoms with Crippen LogP contribution >= 0.6 is 0 Å². The predicted octanol–water partition coefficient (Wildman–Crippen LogP) is 4.67. The van der Waals surface area contributed by atoms with E-state index in [0.717, 1.165) is 47.5 Å². The van der Waals surface area contributed by atoms with Crippen molar-refractivity contribution in [1.82, 2.24) is 9.80 Å². The van der Waals surface area contributed by atoms with Crippen LogP contribution in [0, 0.1) is 0 Å². The molecule has 1 saturated heterocycles. The molecule has 5 nitrogen and oxygen atoms in total. The molecule has 0 aliphatic carbocycles. The van der Waals surface area contributed by atoms with Gasteiger partial charge >= 0.3 is 0 Å². The predicted molar refractivity (Wildman–Crippen MR) is 119 cm³/mol. The molecule has 0 spiro atoms. The zero-order valence-electron chi connectivity index (χ0n) is 17.8. The van der Waals surface area contributed by atoms with Gasteiger partial charge in [-0.1, -0.05) is 24.3 Å². The van der Waals surface area contributed by atoms with E-state index < -0.39 is 0 Å². The number of likely N-dealkylation sites (tertiary alicyclic amines) is 1. The lowest BCUT2D eigenvalue weighted by molar-refractivity contribution is -0.131. The summed E-state index contributed by atoms with van der Waals surface area (Å²) in [6.45, 7) is 5.65. The van der Waals surface area contributed by atoms with Gasteiger partial charge in [0.1, 0.15) is 11.3 Å². The Morgan fingerprint density at radius 2 is 1.97 bits per heavy atom. The van der Waals surface area contributed by atoms with Crippen molar-refractivity contribution in [2.45, 2.75) is 32.2 Å². The summed E-state index contributed by atoms with van der Waals surface area (Å²) in [5.41, 5.74) is 2.94. The van der Waals surface area contributed by atoms with E-state index >= 15 is 0 Å². The van der Waals surface area contributed by atoms with Crippen LogP contribution in [0.15, 0.2) is 59.2 Å². The second kappa shape index (κ2) is 9.35. The van der Waals surface area contributed by atoms with E-state index in [1.165, 1.54) is 12.8 Å². The number of hydrogen-bond acceptors (Lipinski definition) is 4. The van der Waals surface area contributed by atoms with Crippen molar-refractivity contribution in [2.24, 2.45) is 0 Å². The number of ether oxygens (including phenoxy) is 1. The van der Waals surface area contributed by atoms with Gasteiger partial charge in [0.25, 0.3) is 0 Å². The lowest BCUT2D eigenvalue weighted by atomic mass is 10.0. The molecule has 2 aromatic carbocycles. The maximum atomic E-state index is 13.3. The number of carbonyl (C=O) groups is 1. The minimum Gasteiger partial charge on any atom is -0.494 e. The van der Waals surface area contributed by atoms with Crippen molar-refractivity contribution >= 4 is 16.9 Å². The number of furan rings is 1. The first-order valence-corrected chi connectivity index (χ1v) is 10.8. The molecule has 3 aromatic rings. The van der Waals surface area contributed by atoms with Gasteiger partial charge in [-0.2, -0.15) is 0 Å². The maximum absolute atomic E-state index is 13.3. The first kappa shape index (κ1) is 20.5. The summed E-state index contributed by atoms with van der Waals surface area (Å²) in [4.78, 5) is 17.7. The quantitative estimate of drug-likeness (QED) is 0.545. The minimum absolute atomic E-state index is 0.0143. The molecule has 1 amide bonds. The monoisotopic (exact) mass is 406 g/mol. The molecule has 30 heavy (non-hydrogen) atoms. The molecular formula is C25H30N2O3. The topological polar surface area (TPSA) is 45.9 Å². The molecule has 1 aliphatic heterocycles. The van der Waals surface area contributed by atoms with Crippen LogP contribution in [0.4, 0.5) is 0 Å². The number of benzene rings is 2. The third kappa shape index (κ3) is 4.51. The summed E-state index contributed by atoms with van der Waals surface area (Å²) in [6, 6.07) is 16.0. The van der Waals surface area contributed by atoms with Crippen LogP contribution in [-0.4, -0.2) is 49.0 Å². The SMILES string of the molecule is CCOc1cccc([C@@H](CN2CCCC2)N(C)C(=O)Cc2cccc3occc23)c1. The second-order valence-electron chi connectivity index (χ2n) is 7.96. The average Bonchev–Trinajstić information content (AvgIpc) is 3.44. The average molecular weight is 407 g/mol. The molecule has 1 aromatic heterocycles. The van der Waals surface area contributed by atoms with E-state index in [2.05, 4.69) is 17.0 Å². The number of likely N-dealkylation sites (N-methyl/N-ethyl adjacent to an activating group) is 1. The van der Waals surface area contributed by atoms with E-state index in [9.17, 15) is 4.79 Å². The highest BCUT2D eigenvalue weighted by molar-refractivity contribution is 5.87. The first-order chi connectivity index (χ1) is 14.7. The van der Waals surface area contributed by atoms with Gasteiger partial charge in [0.2, 0.25) is 5.91 Å². The fourth-order valence-electron chi connectivity index (χ4n) is 4.31. The Hall–Kier alpha value is -2.79. The molecule has 1 fully saturated rings. The van der Waals surface area contributed by atoms with E-state index in [1.54, 1.807) is 6.26 Å². The number of carbonyl (C=O) groups excluding carboxylic acids is 1. The third-order valence-electron chi connectivity index (χ3n) is 5.97. The molecule has 0 radical (unpaired) electrons. The van der Waals surface area contributed by atoms with Crippen molar-refractivity contribution in [3.63, 3.8) is 0 Å². The van der Waals surface area contributed by atoms with Gasteiger partial charge in [0.05, 0.1) is 25.3 Å². The summed E-state index contributed by atoms with van der Waals surface area (Å²) in [6.07, 6.45) is 4.49. The van der Waals surface area contributed by atoms with Crippen LogP contribution in [0.1, 0.15) is 36.9 Å². The molecule has 4 rings (SSSR count).